The zero-order valence-electron chi connectivity index (χ0n) is 12.5. The second kappa shape index (κ2) is 6.67. The van der Waals surface area contributed by atoms with Crippen molar-refractivity contribution in [2.24, 2.45) is 0 Å². The van der Waals surface area contributed by atoms with E-state index in [2.05, 4.69) is 4.98 Å². The lowest BCUT2D eigenvalue weighted by Gasteiger charge is -2.22. The molecule has 0 fully saturated rings. The summed E-state index contributed by atoms with van der Waals surface area (Å²) >= 11 is 1.47. The third kappa shape index (κ3) is 4.29. The minimum absolute atomic E-state index is 0.241. The summed E-state index contributed by atoms with van der Waals surface area (Å²) in [5.74, 6) is -0.595. The Kier molecular flexibility index (Phi) is 5.06. The van der Waals surface area contributed by atoms with Gasteiger partial charge in [0.05, 0.1) is 17.2 Å². The molecule has 0 aliphatic heterocycles. The molecule has 0 saturated carbocycles. The van der Waals surface area contributed by atoms with Crippen molar-refractivity contribution in [2.45, 2.75) is 19.2 Å². The number of carbonyl (C=O) groups is 1. The Morgan fingerprint density at radius 2 is 2.13 bits per heavy atom. The van der Waals surface area contributed by atoms with Crippen LogP contribution in [-0.2, 0) is 0 Å². The average Bonchev–Trinajstić information content (AvgIpc) is 2.92. The molecule has 0 aliphatic rings. The summed E-state index contributed by atoms with van der Waals surface area (Å²) in [6.45, 7) is 1.04. The maximum atomic E-state index is 12.4. The van der Waals surface area contributed by atoms with Gasteiger partial charge in [0.25, 0.3) is 5.91 Å². The number of aryl methyl sites for hydroxylation is 1. The second-order valence-corrected chi connectivity index (χ2v) is 6.14. The van der Waals surface area contributed by atoms with Gasteiger partial charge < -0.3 is 10.0 Å². The summed E-state index contributed by atoms with van der Waals surface area (Å²) in [6, 6.07) is 6.51. The number of aliphatic hydroxyl groups is 1. The fraction of sp³-hybridized carbons (Fsp3) is 0.333. The van der Waals surface area contributed by atoms with Gasteiger partial charge >= 0.3 is 6.18 Å². The fourth-order valence-electron chi connectivity index (χ4n) is 1.97. The largest absolute Gasteiger partial charge is 0.416 e. The molecule has 0 spiro atoms. The Morgan fingerprint density at radius 1 is 1.43 bits per heavy atom. The molecule has 2 rings (SSSR count). The Morgan fingerprint density at radius 3 is 2.70 bits per heavy atom. The third-order valence-corrected chi connectivity index (χ3v) is 3.97. The highest BCUT2D eigenvalue weighted by atomic mass is 32.1. The number of halogens is 3. The van der Waals surface area contributed by atoms with E-state index in [0.717, 1.165) is 9.91 Å². The van der Waals surface area contributed by atoms with E-state index < -0.39 is 24.7 Å². The number of hydrogen-bond acceptors (Lipinski definition) is 4. The molecule has 0 saturated heterocycles. The van der Waals surface area contributed by atoms with Crippen LogP contribution in [-0.4, -0.2) is 46.8 Å². The summed E-state index contributed by atoms with van der Waals surface area (Å²) in [7, 11) is 1.22. The van der Waals surface area contributed by atoms with Crippen LogP contribution in [0.2, 0.25) is 0 Å². The third-order valence-electron chi connectivity index (χ3n) is 3.20. The molecule has 124 valence electrons. The Labute approximate surface area is 135 Å². The van der Waals surface area contributed by atoms with Crippen molar-refractivity contribution in [3.05, 3.63) is 40.2 Å². The number of amides is 1. The first-order valence-corrected chi connectivity index (χ1v) is 7.59. The van der Waals surface area contributed by atoms with Crippen LogP contribution in [0.3, 0.4) is 0 Å². The standard InChI is InChI=1S/C15H15F3N2O2S/c1-9-19-12(8-23-9)10-4-3-5-11(6-10)14(22)20(2)7-13(21)15(16,17)18/h3-6,8,13,21H,7H2,1-2H3. The number of nitrogens with zero attached hydrogens (tertiary/aromatic N) is 2. The van der Waals surface area contributed by atoms with Gasteiger partial charge in [-0.2, -0.15) is 13.2 Å². The molecule has 1 aromatic heterocycles. The van der Waals surface area contributed by atoms with Crippen LogP contribution in [0.4, 0.5) is 13.2 Å². The van der Waals surface area contributed by atoms with Crippen molar-refractivity contribution >= 4 is 17.2 Å². The van der Waals surface area contributed by atoms with Crippen molar-refractivity contribution in [2.75, 3.05) is 13.6 Å². The highest BCUT2D eigenvalue weighted by Gasteiger charge is 2.39. The highest BCUT2D eigenvalue weighted by Crippen LogP contribution is 2.24. The SMILES string of the molecule is Cc1nc(-c2cccc(C(=O)N(C)CC(O)C(F)(F)F)c2)cs1. The van der Waals surface area contributed by atoms with Crippen molar-refractivity contribution in [1.29, 1.82) is 0 Å². The summed E-state index contributed by atoms with van der Waals surface area (Å²) in [5.41, 5.74) is 1.66. The molecule has 0 radical (unpaired) electrons. The number of hydrogen-bond donors (Lipinski definition) is 1. The van der Waals surface area contributed by atoms with Crippen LogP contribution in [0.5, 0.6) is 0 Å². The van der Waals surface area contributed by atoms with E-state index >= 15 is 0 Å². The molecule has 4 nitrogen and oxygen atoms in total. The Hall–Kier alpha value is -1.93. The smallest absolute Gasteiger partial charge is 0.382 e. The maximum absolute atomic E-state index is 12.4. The number of rotatable bonds is 4. The summed E-state index contributed by atoms with van der Waals surface area (Å²) in [4.78, 5) is 17.4. The molecule has 2 aromatic rings. The Bertz CT molecular complexity index is 700. The zero-order chi connectivity index (χ0) is 17.2. The number of aromatic nitrogens is 1. The predicted octanol–water partition coefficient (Wildman–Crippen LogP) is 3.11. The quantitative estimate of drug-likeness (QED) is 0.927. The molecule has 1 atom stereocenters. The van der Waals surface area contributed by atoms with Gasteiger partial charge in [0, 0.05) is 23.6 Å². The van der Waals surface area contributed by atoms with Gasteiger partial charge in [-0.1, -0.05) is 12.1 Å². The van der Waals surface area contributed by atoms with Crippen molar-refractivity contribution in [3.8, 4) is 11.3 Å². The Balaban J connectivity index is 2.16. The molecule has 0 bridgehead atoms. The van der Waals surface area contributed by atoms with Gasteiger partial charge in [-0.25, -0.2) is 4.98 Å². The number of likely N-dealkylation sites (N-methyl/N-ethyl adjacent to an activating group) is 1. The predicted molar refractivity (Wildman–Crippen MR) is 81.3 cm³/mol. The number of carbonyl (C=O) groups excluding carboxylic acids is 1. The summed E-state index contributed by atoms with van der Waals surface area (Å²) < 4.78 is 37.1. The van der Waals surface area contributed by atoms with Crippen molar-refractivity contribution < 1.29 is 23.1 Å². The van der Waals surface area contributed by atoms with Gasteiger partial charge in [-0.15, -0.1) is 11.3 Å². The summed E-state index contributed by atoms with van der Waals surface area (Å²) in [5, 5.41) is 11.8. The molecular weight excluding hydrogens is 329 g/mol. The zero-order valence-corrected chi connectivity index (χ0v) is 13.3. The molecule has 1 heterocycles. The van der Waals surface area contributed by atoms with E-state index in [1.807, 2.05) is 12.3 Å². The van der Waals surface area contributed by atoms with Gasteiger partial charge in [0.15, 0.2) is 6.10 Å². The molecular formula is C15H15F3N2O2S. The highest BCUT2D eigenvalue weighted by molar-refractivity contribution is 7.09. The van der Waals surface area contributed by atoms with Crippen molar-refractivity contribution in [3.63, 3.8) is 0 Å². The normalized spacial score (nSPS) is 13.0. The molecule has 0 aliphatic carbocycles. The van der Waals surface area contributed by atoms with E-state index in [0.29, 0.717) is 11.3 Å². The molecule has 23 heavy (non-hydrogen) atoms. The van der Waals surface area contributed by atoms with Crippen LogP contribution in [0.25, 0.3) is 11.3 Å². The number of thiazole rings is 1. The van der Waals surface area contributed by atoms with Crippen LogP contribution >= 0.6 is 11.3 Å². The molecule has 8 heteroatoms. The number of aliphatic hydroxyl groups excluding tert-OH is 1. The number of alkyl halides is 3. The lowest BCUT2D eigenvalue weighted by atomic mass is 10.1. The first-order chi connectivity index (χ1) is 10.7. The fourth-order valence-corrected chi connectivity index (χ4v) is 2.60. The van der Waals surface area contributed by atoms with E-state index in [4.69, 9.17) is 5.11 Å². The monoisotopic (exact) mass is 344 g/mol. The van der Waals surface area contributed by atoms with E-state index in [9.17, 15) is 18.0 Å². The van der Waals surface area contributed by atoms with Gasteiger partial charge in [-0.3, -0.25) is 4.79 Å². The minimum atomic E-state index is -4.76. The van der Waals surface area contributed by atoms with Gasteiger partial charge in [0.2, 0.25) is 0 Å². The van der Waals surface area contributed by atoms with Gasteiger partial charge in [0.1, 0.15) is 0 Å². The van der Waals surface area contributed by atoms with E-state index in [1.54, 1.807) is 18.2 Å². The topological polar surface area (TPSA) is 53.4 Å². The molecule has 1 aromatic carbocycles. The molecule has 1 amide bonds. The lowest BCUT2D eigenvalue weighted by Crippen LogP contribution is -2.41. The average molecular weight is 344 g/mol. The minimum Gasteiger partial charge on any atom is -0.382 e. The van der Waals surface area contributed by atoms with Crippen molar-refractivity contribution in [1.82, 2.24) is 9.88 Å². The lowest BCUT2D eigenvalue weighted by molar-refractivity contribution is -0.205. The number of benzene rings is 1. The summed E-state index contributed by atoms with van der Waals surface area (Å²) in [6.07, 6.45) is -7.32. The first kappa shape index (κ1) is 17.4. The van der Waals surface area contributed by atoms with Crippen LogP contribution in [0, 0.1) is 6.92 Å². The van der Waals surface area contributed by atoms with E-state index in [-0.39, 0.29) is 5.56 Å². The van der Waals surface area contributed by atoms with Crippen LogP contribution in [0.1, 0.15) is 15.4 Å². The van der Waals surface area contributed by atoms with Gasteiger partial charge in [-0.05, 0) is 19.1 Å². The molecule has 1 unspecified atom stereocenters. The second-order valence-electron chi connectivity index (χ2n) is 5.08. The van der Waals surface area contributed by atoms with E-state index in [1.165, 1.54) is 24.5 Å². The first-order valence-electron chi connectivity index (χ1n) is 6.71. The molecule has 1 N–H and O–H groups in total. The maximum Gasteiger partial charge on any atom is 0.416 e. The van der Waals surface area contributed by atoms with Crippen LogP contribution in [0.15, 0.2) is 29.6 Å². The van der Waals surface area contributed by atoms with Crippen LogP contribution < -0.4 is 0 Å².